The molecule has 98 valence electrons. The van der Waals surface area contributed by atoms with E-state index in [0.717, 1.165) is 19.8 Å². The lowest BCUT2D eigenvalue weighted by atomic mass is 10.2. The van der Waals surface area contributed by atoms with Crippen molar-refractivity contribution < 1.29 is 8.42 Å². The smallest absolute Gasteiger partial charge is 0.207 e. The first-order chi connectivity index (χ1) is 8.40. The normalized spacial score (nSPS) is 11.9. The van der Waals surface area contributed by atoms with Crippen LogP contribution in [0.15, 0.2) is 25.5 Å². The van der Waals surface area contributed by atoms with Gasteiger partial charge < -0.3 is 0 Å². The Kier molecular flexibility index (Phi) is 4.28. The zero-order valence-electron chi connectivity index (χ0n) is 9.86. The zero-order chi connectivity index (χ0) is 13.3. The Hall–Kier alpha value is -0.210. The Morgan fingerprint density at radius 1 is 1.33 bits per heavy atom. The van der Waals surface area contributed by atoms with Crippen LogP contribution in [0.5, 0.6) is 0 Å². The van der Waals surface area contributed by atoms with E-state index in [0.29, 0.717) is 11.4 Å². The van der Waals surface area contributed by atoms with Crippen molar-refractivity contribution >= 4 is 48.6 Å². The Labute approximate surface area is 123 Å². The van der Waals surface area contributed by atoms with Crippen molar-refractivity contribution in [2.75, 3.05) is 0 Å². The lowest BCUT2D eigenvalue weighted by molar-refractivity contribution is 0.581. The molecule has 0 bridgehead atoms. The monoisotopic (exact) mass is 365 g/mol. The van der Waals surface area contributed by atoms with E-state index in [1.807, 2.05) is 17.7 Å². The molecule has 2 aromatic rings. The van der Waals surface area contributed by atoms with Crippen LogP contribution >= 0.6 is 38.6 Å². The molecule has 18 heavy (non-hydrogen) atoms. The Morgan fingerprint density at radius 2 is 2.06 bits per heavy atom. The molecular formula is C11H12BrNO2S3. The summed E-state index contributed by atoms with van der Waals surface area (Å²) in [4.78, 5) is 1.14. The summed E-state index contributed by atoms with van der Waals surface area (Å²) in [6.07, 6.45) is 0. The highest BCUT2D eigenvalue weighted by Gasteiger charge is 2.19. The fourth-order valence-electron chi connectivity index (χ4n) is 1.52. The number of hydrogen-bond acceptors (Lipinski definition) is 4. The molecule has 0 fully saturated rings. The molecule has 0 aromatic carbocycles. The minimum absolute atomic E-state index is 0.338. The summed E-state index contributed by atoms with van der Waals surface area (Å²) in [7, 11) is -3.43. The number of sulfonamides is 1. The predicted molar refractivity (Wildman–Crippen MR) is 79.8 cm³/mol. The molecule has 0 aliphatic carbocycles. The Morgan fingerprint density at radius 3 is 2.56 bits per heavy atom. The molecule has 7 heteroatoms. The molecular weight excluding hydrogens is 354 g/mol. The van der Waals surface area contributed by atoms with Crippen LogP contribution in [-0.2, 0) is 16.6 Å². The van der Waals surface area contributed by atoms with Crippen molar-refractivity contribution in [2.24, 2.45) is 0 Å². The molecule has 0 saturated carbocycles. The topological polar surface area (TPSA) is 46.2 Å². The summed E-state index contributed by atoms with van der Waals surface area (Å²) in [6.45, 7) is 4.12. The van der Waals surface area contributed by atoms with Gasteiger partial charge in [0.15, 0.2) is 0 Å². The third-order valence-electron chi connectivity index (χ3n) is 2.55. The van der Waals surface area contributed by atoms with Gasteiger partial charge in [0.1, 0.15) is 0 Å². The standard InChI is InChI=1S/C11H12BrNO2S3/c1-7-5-16-6-9(7)4-13-18(14,15)10-3-11(12)17-8(10)2/h3,5-6,13H,4H2,1-2H3. The average Bonchev–Trinajstić information content (AvgIpc) is 2.82. The highest BCUT2D eigenvalue weighted by atomic mass is 79.9. The number of rotatable bonds is 4. The molecule has 2 rings (SSSR count). The highest BCUT2D eigenvalue weighted by Crippen LogP contribution is 2.29. The molecule has 0 unspecified atom stereocenters. The van der Waals surface area contributed by atoms with Gasteiger partial charge >= 0.3 is 0 Å². The summed E-state index contributed by atoms with van der Waals surface area (Å²) < 4.78 is 27.8. The van der Waals surface area contributed by atoms with E-state index in [2.05, 4.69) is 20.7 Å². The van der Waals surface area contributed by atoms with E-state index in [1.165, 1.54) is 11.3 Å². The second-order valence-corrected chi connectivity index (χ2v) is 8.99. The minimum atomic E-state index is -3.43. The summed E-state index contributed by atoms with van der Waals surface area (Å²) in [5, 5.41) is 3.98. The highest BCUT2D eigenvalue weighted by molar-refractivity contribution is 9.11. The van der Waals surface area contributed by atoms with Gasteiger partial charge in [-0.25, -0.2) is 13.1 Å². The number of halogens is 1. The molecule has 0 aliphatic rings. The lowest BCUT2D eigenvalue weighted by Crippen LogP contribution is -2.23. The maximum absolute atomic E-state index is 12.2. The molecule has 1 N–H and O–H groups in total. The summed E-state index contributed by atoms with van der Waals surface area (Å²) in [6, 6.07) is 1.64. The quantitative estimate of drug-likeness (QED) is 0.898. The summed E-state index contributed by atoms with van der Waals surface area (Å²) in [5.41, 5.74) is 2.14. The number of hydrogen-bond donors (Lipinski definition) is 1. The number of nitrogens with one attached hydrogen (secondary N) is 1. The molecule has 2 heterocycles. The summed E-state index contributed by atoms with van der Waals surface area (Å²) >= 11 is 6.31. The largest absolute Gasteiger partial charge is 0.242 e. The predicted octanol–water partition coefficient (Wildman–Crippen LogP) is 3.67. The van der Waals surface area contributed by atoms with Crippen LogP contribution in [0.3, 0.4) is 0 Å². The minimum Gasteiger partial charge on any atom is -0.207 e. The van der Waals surface area contributed by atoms with Crippen LogP contribution in [-0.4, -0.2) is 8.42 Å². The second kappa shape index (κ2) is 5.42. The number of thiophene rings is 2. The molecule has 2 aromatic heterocycles. The van der Waals surface area contributed by atoms with E-state index in [1.54, 1.807) is 24.3 Å². The van der Waals surface area contributed by atoms with Crippen molar-refractivity contribution in [1.82, 2.24) is 4.72 Å². The van der Waals surface area contributed by atoms with E-state index in [4.69, 9.17) is 0 Å². The van der Waals surface area contributed by atoms with Gasteiger partial charge in [-0.2, -0.15) is 11.3 Å². The molecule has 0 radical (unpaired) electrons. The van der Waals surface area contributed by atoms with Gasteiger partial charge in [0.05, 0.1) is 8.68 Å². The van der Waals surface area contributed by atoms with Crippen molar-refractivity contribution in [3.63, 3.8) is 0 Å². The Bertz CT molecular complexity index is 658. The fourth-order valence-corrected chi connectivity index (χ4v) is 5.79. The Balaban J connectivity index is 2.18. The number of aryl methyl sites for hydroxylation is 2. The van der Waals surface area contributed by atoms with Crippen LogP contribution in [0.4, 0.5) is 0 Å². The molecule has 0 spiro atoms. The van der Waals surface area contributed by atoms with Crippen molar-refractivity contribution in [2.45, 2.75) is 25.3 Å². The van der Waals surface area contributed by atoms with E-state index >= 15 is 0 Å². The van der Waals surface area contributed by atoms with Crippen LogP contribution in [0.1, 0.15) is 16.0 Å². The van der Waals surface area contributed by atoms with Gasteiger partial charge in [-0.05, 0) is 57.7 Å². The molecule has 0 aliphatic heterocycles. The van der Waals surface area contributed by atoms with Gasteiger partial charge in [-0.3, -0.25) is 0 Å². The van der Waals surface area contributed by atoms with E-state index in [9.17, 15) is 8.42 Å². The van der Waals surface area contributed by atoms with Crippen LogP contribution < -0.4 is 4.72 Å². The second-order valence-electron chi connectivity index (χ2n) is 3.88. The van der Waals surface area contributed by atoms with E-state index < -0.39 is 10.0 Å². The first-order valence-electron chi connectivity index (χ1n) is 5.17. The molecule has 0 amide bonds. The fraction of sp³-hybridized carbons (Fsp3) is 0.273. The van der Waals surface area contributed by atoms with Crippen LogP contribution in [0.2, 0.25) is 0 Å². The van der Waals surface area contributed by atoms with Crippen molar-refractivity contribution in [1.29, 1.82) is 0 Å². The summed E-state index contributed by atoms with van der Waals surface area (Å²) in [5.74, 6) is 0. The first kappa shape index (κ1) is 14.2. The van der Waals surface area contributed by atoms with Crippen molar-refractivity contribution in [3.8, 4) is 0 Å². The van der Waals surface area contributed by atoms with Gasteiger partial charge in [-0.15, -0.1) is 11.3 Å². The van der Waals surface area contributed by atoms with Gasteiger partial charge in [0.25, 0.3) is 0 Å². The third kappa shape index (κ3) is 3.03. The van der Waals surface area contributed by atoms with Gasteiger partial charge in [0.2, 0.25) is 10.0 Å². The zero-order valence-corrected chi connectivity index (χ0v) is 13.9. The van der Waals surface area contributed by atoms with Crippen LogP contribution in [0.25, 0.3) is 0 Å². The third-order valence-corrected chi connectivity index (χ3v) is 6.67. The van der Waals surface area contributed by atoms with Gasteiger partial charge in [-0.1, -0.05) is 0 Å². The lowest BCUT2D eigenvalue weighted by Gasteiger charge is -2.05. The molecule has 0 saturated heterocycles. The molecule has 3 nitrogen and oxygen atoms in total. The molecule has 0 atom stereocenters. The maximum Gasteiger partial charge on any atom is 0.242 e. The van der Waals surface area contributed by atoms with E-state index in [-0.39, 0.29) is 0 Å². The SMILES string of the molecule is Cc1cscc1CNS(=O)(=O)c1cc(Br)sc1C. The first-order valence-corrected chi connectivity index (χ1v) is 9.21. The maximum atomic E-state index is 12.2. The van der Waals surface area contributed by atoms with Crippen LogP contribution in [0, 0.1) is 13.8 Å². The van der Waals surface area contributed by atoms with Crippen molar-refractivity contribution in [3.05, 3.63) is 36.6 Å². The van der Waals surface area contributed by atoms with Gasteiger partial charge in [0, 0.05) is 11.4 Å². The average molecular weight is 366 g/mol.